The average Bonchev–Trinajstić information content (AvgIpc) is 2.39. The summed E-state index contributed by atoms with van der Waals surface area (Å²) in [5, 5.41) is 11.4. The third-order valence-corrected chi connectivity index (χ3v) is 2.96. The normalized spacial score (nSPS) is 18.9. The summed E-state index contributed by atoms with van der Waals surface area (Å²) in [7, 11) is 0. The Morgan fingerprint density at radius 3 is 2.79 bits per heavy atom. The van der Waals surface area contributed by atoms with E-state index in [-0.39, 0.29) is 5.69 Å². The molecule has 1 atom stereocenters. The molecule has 0 saturated carbocycles. The van der Waals surface area contributed by atoms with Crippen LogP contribution >= 0.6 is 0 Å². The van der Waals surface area contributed by atoms with Crippen LogP contribution in [0.4, 0.5) is 10.1 Å². The van der Waals surface area contributed by atoms with Gasteiger partial charge in [-0.15, -0.1) is 0 Å². The molecule has 1 aromatic rings. The second kappa shape index (κ2) is 5.79. The summed E-state index contributed by atoms with van der Waals surface area (Å²) in [6.45, 7) is 0.507. The minimum absolute atomic E-state index is 0.0494. The van der Waals surface area contributed by atoms with Crippen LogP contribution in [0.3, 0.4) is 0 Å². The van der Waals surface area contributed by atoms with Crippen molar-refractivity contribution in [2.75, 3.05) is 11.9 Å². The average molecular weight is 267 g/mol. The number of carbonyl (C=O) groups excluding carboxylic acids is 1. The number of benzene rings is 1. The number of carboxylic acid groups (broad SMARTS) is 1. The van der Waals surface area contributed by atoms with Crippen molar-refractivity contribution < 1.29 is 23.8 Å². The minimum Gasteiger partial charge on any atom is -0.478 e. The highest BCUT2D eigenvalue weighted by molar-refractivity contribution is 6.02. The summed E-state index contributed by atoms with van der Waals surface area (Å²) in [4.78, 5) is 22.9. The van der Waals surface area contributed by atoms with Crippen LogP contribution in [0.25, 0.3) is 0 Å². The first-order chi connectivity index (χ1) is 9.09. The molecule has 19 heavy (non-hydrogen) atoms. The van der Waals surface area contributed by atoms with Gasteiger partial charge in [0.1, 0.15) is 17.5 Å². The Labute approximate surface area is 109 Å². The first kappa shape index (κ1) is 13.5. The zero-order chi connectivity index (χ0) is 13.8. The van der Waals surface area contributed by atoms with E-state index in [1.165, 1.54) is 12.1 Å². The number of rotatable bonds is 3. The van der Waals surface area contributed by atoms with Crippen molar-refractivity contribution in [1.82, 2.24) is 0 Å². The molecule has 0 spiro atoms. The number of halogens is 1. The minimum atomic E-state index is -1.42. The van der Waals surface area contributed by atoms with Crippen molar-refractivity contribution in [2.45, 2.75) is 25.4 Å². The lowest BCUT2D eigenvalue weighted by atomic mass is 10.1. The first-order valence-electron chi connectivity index (χ1n) is 6.04. The summed E-state index contributed by atoms with van der Waals surface area (Å²) in [6.07, 6.45) is 1.78. The molecule has 1 amide bonds. The molecule has 102 valence electrons. The Hall–Kier alpha value is -1.95. The van der Waals surface area contributed by atoms with Gasteiger partial charge in [-0.25, -0.2) is 9.18 Å². The van der Waals surface area contributed by atoms with E-state index in [9.17, 15) is 14.0 Å². The highest BCUT2D eigenvalue weighted by atomic mass is 19.1. The Bertz CT molecular complexity index is 497. The smallest absolute Gasteiger partial charge is 0.340 e. The third kappa shape index (κ3) is 3.08. The largest absolute Gasteiger partial charge is 0.478 e. The Balaban J connectivity index is 2.16. The molecule has 0 aromatic heterocycles. The second-order valence-corrected chi connectivity index (χ2v) is 4.31. The van der Waals surface area contributed by atoms with Crippen LogP contribution in [-0.2, 0) is 9.53 Å². The SMILES string of the molecule is O=C(O)c1c(F)cccc1NC(=O)C1CCCCO1. The zero-order valence-electron chi connectivity index (χ0n) is 10.2. The quantitative estimate of drug-likeness (QED) is 0.878. The van der Waals surface area contributed by atoms with Gasteiger partial charge in [0.05, 0.1) is 5.69 Å². The maximum atomic E-state index is 13.4. The molecule has 5 nitrogen and oxygen atoms in total. The fourth-order valence-electron chi connectivity index (χ4n) is 2.01. The van der Waals surface area contributed by atoms with E-state index in [0.29, 0.717) is 13.0 Å². The fraction of sp³-hybridized carbons (Fsp3) is 0.385. The number of carbonyl (C=O) groups is 2. The Kier molecular flexibility index (Phi) is 4.11. The topological polar surface area (TPSA) is 75.6 Å². The van der Waals surface area contributed by atoms with E-state index in [2.05, 4.69) is 5.32 Å². The van der Waals surface area contributed by atoms with E-state index < -0.39 is 29.4 Å². The number of anilines is 1. The fourth-order valence-corrected chi connectivity index (χ4v) is 2.01. The first-order valence-corrected chi connectivity index (χ1v) is 6.04. The zero-order valence-corrected chi connectivity index (χ0v) is 10.2. The van der Waals surface area contributed by atoms with Gasteiger partial charge < -0.3 is 15.2 Å². The van der Waals surface area contributed by atoms with Gasteiger partial charge in [-0.3, -0.25) is 4.79 Å². The van der Waals surface area contributed by atoms with Crippen LogP contribution in [0.1, 0.15) is 29.6 Å². The Morgan fingerprint density at radius 2 is 2.16 bits per heavy atom. The molecule has 6 heteroatoms. The summed E-state index contributed by atoms with van der Waals surface area (Å²) in [5.74, 6) is -2.74. The lowest BCUT2D eigenvalue weighted by Gasteiger charge is -2.22. The van der Waals surface area contributed by atoms with Crippen molar-refractivity contribution in [3.8, 4) is 0 Å². The maximum Gasteiger partial charge on any atom is 0.340 e. The highest BCUT2D eigenvalue weighted by Gasteiger charge is 2.24. The van der Waals surface area contributed by atoms with Gasteiger partial charge in [0.15, 0.2) is 0 Å². The summed E-state index contributed by atoms with van der Waals surface area (Å²) in [6, 6.07) is 3.74. The van der Waals surface area contributed by atoms with Gasteiger partial charge >= 0.3 is 5.97 Å². The van der Waals surface area contributed by atoms with Crippen molar-refractivity contribution in [3.63, 3.8) is 0 Å². The summed E-state index contributed by atoms with van der Waals surface area (Å²) < 4.78 is 18.7. The van der Waals surface area contributed by atoms with Crippen molar-refractivity contribution in [1.29, 1.82) is 0 Å². The number of nitrogens with one attached hydrogen (secondary N) is 1. The second-order valence-electron chi connectivity index (χ2n) is 4.31. The van der Waals surface area contributed by atoms with Gasteiger partial charge in [0.25, 0.3) is 5.91 Å². The molecule has 1 fully saturated rings. The molecule has 2 rings (SSSR count). The molecule has 0 bridgehead atoms. The lowest BCUT2D eigenvalue weighted by molar-refractivity contribution is -0.129. The molecule has 1 aromatic carbocycles. The van der Waals surface area contributed by atoms with Crippen molar-refractivity contribution in [2.24, 2.45) is 0 Å². The molecule has 1 saturated heterocycles. The molecule has 0 radical (unpaired) electrons. The molecule has 1 aliphatic heterocycles. The van der Waals surface area contributed by atoms with Gasteiger partial charge in [0.2, 0.25) is 0 Å². The number of aromatic carboxylic acids is 1. The van der Waals surface area contributed by atoms with Crippen LogP contribution in [0, 0.1) is 5.82 Å². The van der Waals surface area contributed by atoms with E-state index in [1.807, 2.05) is 0 Å². The van der Waals surface area contributed by atoms with Gasteiger partial charge in [-0.05, 0) is 31.4 Å². The van der Waals surface area contributed by atoms with E-state index >= 15 is 0 Å². The van der Waals surface area contributed by atoms with Crippen LogP contribution in [-0.4, -0.2) is 29.7 Å². The molecule has 2 N–H and O–H groups in total. The number of hydrogen-bond donors (Lipinski definition) is 2. The van der Waals surface area contributed by atoms with Crippen LogP contribution in [0.5, 0.6) is 0 Å². The molecule has 1 aliphatic rings. The van der Waals surface area contributed by atoms with Crippen LogP contribution < -0.4 is 5.32 Å². The number of hydrogen-bond acceptors (Lipinski definition) is 3. The molecule has 1 heterocycles. The molecular weight excluding hydrogens is 253 g/mol. The van der Waals surface area contributed by atoms with E-state index in [4.69, 9.17) is 9.84 Å². The Morgan fingerprint density at radius 1 is 1.37 bits per heavy atom. The van der Waals surface area contributed by atoms with Gasteiger partial charge in [-0.1, -0.05) is 6.07 Å². The third-order valence-electron chi connectivity index (χ3n) is 2.96. The maximum absolute atomic E-state index is 13.4. The highest BCUT2D eigenvalue weighted by Crippen LogP contribution is 2.21. The van der Waals surface area contributed by atoms with E-state index in [0.717, 1.165) is 18.9 Å². The van der Waals surface area contributed by atoms with Crippen molar-refractivity contribution >= 4 is 17.6 Å². The standard InChI is InChI=1S/C13H14FNO4/c14-8-4-3-5-9(11(8)13(17)18)15-12(16)10-6-1-2-7-19-10/h3-5,10H,1-2,6-7H2,(H,15,16)(H,17,18). The number of ether oxygens (including phenoxy) is 1. The van der Waals surface area contributed by atoms with Crippen LogP contribution in [0.15, 0.2) is 18.2 Å². The number of amides is 1. The monoisotopic (exact) mass is 267 g/mol. The van der Waals surface area contributed by atoms with E-state index in [1.54, 1.807) is 0 Å². The van der Waals surface area contributed by atoms with Crippen molar-refractivity contribution in [3.05, 3.63) is 29.6 Å². The predicted octanol–water partition coefficient (Wildman–Crippen LogP) is 2.03. The molecular formula is C13H14FNO4. The summed E-state index contributed by atoms with van der Waals surface area (Å²) >= 11 is 0. The molecule has 1 unspecified atom stereocenters. The predicted molar refractivity (Wildman–Crippen MR) is 65.6 cm³/mol. The van der Waals surface area contributed by atoms with Crippen LogP contribution in [0.2, 0.25) is 0 Å². The number of carboxylic acids is 1. The van der Waals surface area contributed by atoms with Gasteiger partial charge in [0, 0.05) is 6.61 Å². The molecule has 0 aliphatic carbocycles. The van der Waals surface area contributed by atoms with Gasteiger partial charge in [-0.2, -0.15) is 0 Å². The summed E-state index contributed by atoms with van der Waals surface area (Å²) in [5.41, 5.74) is -0.585. The lowest BCUT2D eigenvalue weighted by Crippen LogP contribution is -2.33.